The third kappa shape index (κ3) is 2.48. The van der Waals surface area contributed by atoms with Crippen molar-refractivity contribution in [2.24, 2.45) is 0 Å². The van der Waals surface area contributed by atoms with Gasteiger partial charge in [-0.25, -0.2) is 4.39 Å². The van der Waals surface area contributed by atoms with Gasteiger partial charge in [-0.2, -0.15) is 0 Å². The van der Waals surface area contributed by atoms with E-state index in [2.05, 4.69) is 0 Å². The molecular weight excluding hydrogens is 341 g/mol. The Morgan fingerprint density at radius 1 is 1.32 bits per heavy atom. The fourth-order valence-electron chi connectivity index (χ4n) is 3.80. The number of carbonyl (C=O) groups is 1. The second-order valence-electron chi connectivity index (χ2n) is 6.24. The summed E-state index contributed by atoms with van der Waals surface area (Å²) in [5.74, 6) is -1.01. The molecule has 25 heavy (non-hydrogen) atoms. The van der Waals surface area contributed by atoms with E-state index < -0.39 is 16.8 Å². The van der Waals surface area contributed by atoms with Gasteiger partial charge in [0.1, 0.15) is 12.4 Å². The molecule has 2 unspecified atom stereocenters. The fourth-order valence-corrected chi connectivity index (χ4v) is 5.34. The maximum atomic E-state index is 13.9. The molecule has 0 saturated heterocycles. The second kappa shape index (κ2) is 5.81. The summed E-state index contributed by atoms with van der Waals surface area (Å²) in [6, 6.07) is 12.0. The number of aromatic nitrogens is 1. The fraction of sp³-hybridized carbons (Fsp3) is 0.211. The zero-order chi connectivity index (χ0) is 17.7. The number of carboxylic acids is 1. The van der Waals surface area contributed by atoms with Crippen molar-refractivity contribution >= 4 is 27.7 Å². The lowest BCUT2D eigenvalue weighted by atomic mass is 9.91. The molecule has 1 aliphatic heterocycles. The van der Waals surface area contributed by atoms with Crippen molar-refractivity contribution in [3.63, 3.8) is 0 Å². The minimum absolute atomic E-state index is 0.128. The second-order valence-corrected chi connectivity index (χ2v) is 7.71. The number of halogens is 1. The number of hydrogen-bond acceptors (Lipinski definition) is 2. The van der Waals surface area contributed by atoms with E-state index in [0.29, 0.717) is 16.7 Å². The molecule has 3 aromatic rings. The van der Waals surface area contributed by atoms with Crippen molar-refractivity contribution in [3.8, 4) is 0 Å². The maximum absolute atomic E-state index is 13.9. The average Bonchev–Trinajstić information content (AvgIpc) is 3.03. The first-order chi connectivity index (χ1) is 12.0. The van der Waals surface area contributed by atoms with Gasteiger partial charge in [-0.15, -0.1) is 0 Å². The van der Waals surface area contributed by atoms with Crippen LogP contribution in [0.3, 0.4) is 0 Å². The highest BCUT2D eigenvalue weighted by atomic mass is 32.2. The largest absolute Gasteiger partial charge is 0.480 e. The lowest BCUT2D eigenvalue weighted by Crippen LogP contribution is -2.11. The molecule has 4 nitrogen and oxygen atoms in total. The number of rotatable bonds is 3. The topological polar surface area (TPSA) is 59.3 Å². The third-order valence-electron chi connectivity index (χ3n) is 4.83. The highest BCUT2D eigenvalue weighted by Crippen LogP contribution is 2.42. The number of carboxylic acid groups (broad SMARTS) is 1. The number of hydrogen-bond donors (Lipinski definition) is 1. The van der Waals surface area contributed by atoms with Gasteiger partial charge in [-0.1, -0.05) is 18.2 Å². The molecule has 1 N–H and O–H groups in total. The van der Waals surface area contributed by atoms with Gasteiger partial charge in [0.25, 0.3) is 0 Å². The van der Waals surface area contributed by atoms with E-state index in [1.54, 1.807) is 10.6 Å². The van der Waals surface area contributed by atoms with E-state index in [4.69, 9.17) is 0 Å². The standard InChI is InChI=1S/C19H16FNO3S/c1-11-19(15-10-25(24)17-5-3-2-4-13(15)17)14-8-12(20)6-7-16(14)21(11)9-18(22)23/h2-8,15H,9-10H2,1H3,(H,22,23). The molecular formula is C19H16FNO3S. The van der Waals surface area contributed by atoms with Gasteiger partial charge in [-0.05, 0) is 42.3 Å². The van der Waals surface area contributed by atoms with E-state index in [0.717, 1.165) is 21.7 Å². The van der Waals surface area contributed by atoms with Crippen LogP contribution >= 0.6 is 0 Å². The van der Waals surface area contributed by atoms with Gasteiger partial charge in [0.15, 0.2) is 0 Å². The van der Waals surface area contributed by atoms with Crippen LogP contribution in [0.5, 0.6) is 0 Å². The van der Waals surface area contributed by atoms with Gasteiger partial charge in [0.2, 0.25) is 0 Å². The van der Waals surface area contributed by atoms with E-state index in [1.165, 1.54) is 12.1 Å². The first-order valence-electron chi connectivity index (χ1n) is 7.94. The van der Waals surface area contributed by atoms with Crippen LogP contribution in [0.2, 0.25) is 0 Å². The zero-order valence-electron chi connectivity index (χ0n) is 13.5. The molecule has 1 aromatic heterocycles. The molecule has 1 aliphatic rings. The molecule has 0 radical (unpaired) electrons. The third-order valence-corrected chi connectivity index (χ3v) is 6.33. The Bertz CT molecular complexity index is 1040. The number of aliphatic carboxylic acids is 1. The SMILES string of the molecule is Cc1c(C2CS(=O)c3ccccc32)c2cc(F)ccc2n1CC(=O)O. The van der Waals surface area contributed by atoms with Gasteiger partial charge >= 0.3 is 5.97 Å². The summed E-state index contributed by atoms with van der Waals surface area (Å²) >= 11 is 0. The summed E-state index contributed by atoms with van der Waals surface area (Å²) in [4.78, 5) is 12.1. The van der Waals surface area contributed by atoms with Gasteiger partial charge in [0.05, 0.1) is 10.8 Å². The van der Waals surface area contributed by atoms with Gasteiger partial charge in [-0.3, -0.25) is 9.00 Å². The van der Waals surface area contributed by atoms with Crippen molar-refractivity contribution < 1.29 is 18.5 Å². The Hall–Kier alpha value is -2.47. The minimum Gasteiger partial charge on any atom is -0.480 e. The highest BCUT2D eigenvalue weighted by molar-refractivity contribution is 7.85. The maximum Gasteiger partial charge on any atom is 0.323 e. The van der Waals surface area contributed by atoms with Crippen LogP contribution in [0.4, 0.5) is 4.39 Å². The monoisotopic (exact) mass is 357 g/mol. The van der Waals surface area contributed by atoms with Crippen molar-refractivity contribution in [2.75, 3.05) is 5.75 Å². The predicted octanol–water partition coefficient (Wildman–Crippen LogP) is 3.43. The molecule has 0 saturated carbocycles. The summed E-state index contributed by atoms with van der Waals surface area (Å²) in [5, 5.41) is 9.93. The molecule has 2 atom stereocenters. The summed E-state index contributed by atoms with van der Waals surface area (Å²) in [6.45, 7) is 1.66. The molecule has 0 aliphatic carbocycles. The summed E-state index contributed by atoms with van der Waals surface area (Å²) in [6.07, 6.45) is 0. The van der Waals surface area contributed by atoms with Crippen LogP contribution in [0, 0.1) is 12.7 Å². The summed E-state index contributed by atoms with van der Waals surface area (Å²) in [5.41, 5.74) is 3.31. The van der Waals surface area contributed by atoms with Crippen LogP contribution in [0.15, 0.2) is 47.4 Å². The molecule has 2 heterocycles. The number of fused-ring (bicyclic) bond motifs is 2. The van der Waals surface area contributed by atoms with Gasteiger partial charge in [0, 0.05) is 33.2 Å². The van der Waals surface area contributed by atoms with E-state index >= 15 is 0 Å². The summed E-state index contributed by atoms with van der Waals surface area (Å²) < 4.78 is 28.1. The Labute approximate surface area is 146 Å². The molecule has 128 valence electrons. The first-order valence-corrected chi connectivity index (χ1v) is 9.26. The zero-order valence-corrected chi connectivity index (χ0v) is 14.3. The Balaban J connectivity index is 1.99. The molecule has 0 fully saturated rings. The van der Waals surface area contributed by atoms with Gasteiger partial charge < -0.3 is 9.67 Å². The quantitative estimate of drug-likeness (QED) is 0.781. The Morgan fingerprint density at radius 3 is 2.84 bits per heavy atom. The van der Waals surface area contributed by atoms with Crippen LogP contribution in [-0.2, 0) is 22.1 Å². The summed E-state index contributed by atoms with van der Waals surface area (Å²) in [7, 11) is -1.11. The number of nitrogens with zero attached hydrogens (tertiary/aromatic N) is 1. The average molecular weight is 357 g/mol. The van der Waals surface area contributed by atoms with Crippen molar-refractivity contribution in [1.82, 2.24) is 4.57 Å². The Kier molecular flexibility index (Phi) is 3.72. The predicted molar refractivity (Wildman–Crippen MR) is 93.8 cm³/mol. The van der Waals surface area contributed by atoms with Crippen LogP contribution < -0.4 is 0 Å². The molecule has 6 heteroatoms. The van der Waals surface area contributed by atoms with E-state index in [-0.39, 0.29) is 18.3 Å². The van der Waals surface area contributed by atoms with E-state index in [9.17, 15) is 18.5 Å². The lowest BCUT2D eigenvalue weighted by Gasteiger charge is -2.12. The molecule has 0 bridgehead atoms. The lowest BCUT2D eigenvalue weighted by molar-refractivity contribution is -0.137. The van der Waals surface area contributed by atoms with Crippen LogP contribution in [-0.4, -0.2) is 25.6 Å². The molecule has 4 rings (SSSR count). The van der Waals surface area contributed by atoms with Crippen molar-refractivity contribution in [2.45, 2.75) is 24.3 Å². The normalized spacial score (nSPS) is 19.3. The number of benzene rings is 2. The Morgan fingerprint density at radius 2 is 2.08 bits per heavy atom. The highest BCUT2D eigenvalue weighted by Gasteiger charge is 2.33. The van der Waals surface area contributed by atoms with Crippen molar-refractivity contribution in [3.05, 3.63) is 65.1 Å². The van der Waals surface area contributed by atoms with Crippen LogP contribution in [0.25, 0.3) is 10.9 Å². The smallest absolute Gasteiger partial charge is 0.323 e. The van der Waals surface area contributed by atoms with E-state index in [1.807, 2.05) is 31.2 Å². The molecule has 0 amide bonds. The van der Waals surface area contributed by atoms with Crippen LogP contribution in [0.1, 0.15) is 22.7 Å². The minimum atomic E-state index is -1.11. The molecule has 2 aromatic carbocycles. The molecule has 0 spiro atoms. The van der Waals surface area contributed by atoms with Crippen molar-refractivity contribution in [1.29, 1.82) is 0 Å². The first kappa shape index (κ1) is 16.0.